The van der Waals surface area contributed by atoms with Crippen LogP contribution < -0.4 is 16.0 Å². The second-order valence-electron chi connectivity index (χ2n) is 8.59. The highest BCUT2D eigenvalue weighted by atomic mass is 16.3. The molecule has 1 heterocycles. The summed E-state index contributed by atoms with van der Waals surface area (Å²) in [5, 5.41) is 45.3. The van der Waals surface area contributed by atoms with Gasteiger partial charge in [0, 0.05) is 50.3 Å². The fourth-order valence-corrected chi connectivity index (χ4v) is 4.28. The zero-order valence-corrected chi connectivity index (χ0v) is 19.6. The zero-order chi connectivity index (χ0) is 24.2. The Labute approximate surface area is 198 Å². The number of hydrogen-bond donors (Lipinski definition) is 6. The van der Waals surface area contributed by atoms with Crippen LogP contribution in [0.25, 0.3) is 22.2 Å². The molecule has 1 aromatic heterocycles. The molecule has 0 radical (unpaired) electrons. The Morgan fingerprint density at radius 1 is 0.912 bits per heavy atom. The predicted octanol–water partition coefficient (Wildman–Crippen LogP) is 0.804. The molecule has 0 saturated heterocycles. The van der Waals surface area contributed by atoms with E-state index in [-0.39, 0.29) is 35.0 Å². The molecule has 0 atom stereocenters. The molecule has 0 saturated carbocycles. The number of fused-ring (bicyclic) bond motifs is 2. The van der Waals surface area contributed by atoms with Crippen molar-refractivity contribution in [2.24, 2.45) is 0 Å². The quantitative estimate of drug-likeness (QED) is 0.132. The highest BCUT2D eigenvalue weighted by molar-refractivity contribution is 6.29. The first-order valence-corrected chi connectivity index (χ1v) is 11.5. The van der Waals surface area contributed by atoms with E-state index in [0.717, 1.165) is 18.6 Å². The summed E-state index contributed by atoms with van der Waals surface area (Å²) < 4.78 is 1.84. The lowest BCUT2D eigenvalue weighted by Crippen LogP contribution is -2.29. The lowest BCUT2D eigenvalue weighted by Gasteiger charge is -2.20. The Bertz CT molecular complexity index is 1190. The SMILES string of the molecule is CN(C)CCNCCn1nc2c3c(c(NCCNCCO)ccc31)C(=O)c1c(O)ccc(O)c1-2. The number of phenolic OH excluding ortho intramolecular Hbond substituents is 2. The van der Waals surface area contributed by atoms with Crippen LogP contribution in [0.5, 0.6) is 11.5 Å². The first-order chi connectivity index (χ1) is 16.4. The second kappa shape index (κ2) is 10.4. The molecule has 0 aliphatic heterocycles. The fourth-order valence-electron chi connectivity index (χ4n) is 4.28. The summed E-state index contributed by atoms with van der Waals surface area (Å²) in [5.41, 5.74) is 2.70. The van der Waals surface area contributed by atoms with Crippen LogP contribution in [0.3, 0.4) is 0 Å². The third kappa shape index (κ3) is 4.58. The van der Waals surface area contributed by atoms with Crippen molar-refractivity contribution in [1.82, 2.24) is 25.3 Å². The number of benzene rings is 2. The van der Waals surface area contributed by atoms with Crippen molar-refractivity contribution < 1.29 is 20.1 Å². The van der Waals surface area contributed by atoms with Gasteiger partial charge in [-0.3, -0.25) is 9.48 Å². The Morgan fingerprint density at radius 3 is 2.38 bits per heavy atom. The summed E-state index contributed by atoms with van der Waals surface area (Å²) in [6.07, 6.45) is 0. The second-order valence-corrected chi connectivity index (χ2v) is 8.59. The number of hydrogen-bond acceptors (Lipinski definition) is 9. The average molecular weight is 469 g/mol. The lowest BCUT2D eigenvalue weighted by molar-refractivity contribution is 0.103. The first-order valence-electron chi connectivity index (χ1n) is 11.5. The largest absolute Gasteiger partial charge is 0.507 e. The summed E-state index contributed by atoms with van der Waals surface area (Å²) in [5.74, 6) is -0.624. The number of likely N-dealkylation sites (N-methyl/N-ethyl adjacent to an activating group) is 1. The van der Waals surface area contributed by atoms with Crippen molar-refractivity contribution in [2.75, 3.05) is 65.3 Å². The molecule has 34 heavy (non-hydrogen) atoms. The molecule has 1 aliphatic carbocycles. The third-order valence-electron chi connectivity index (χ3n) is 5.91. The minimum Gasteiger partial charge on any atom is -0.507 e. The Balaban J connectivity index is 1.72. The number of anilines is 1. The molecule has 0 amide bonds. The van der Waals surface area contributed by atoms with Crippen LogP contribution in [0.15, 0.2) is 24.3 Å². The maximum Gasteiger partial charge on any atom is 0.200 e. The Morgan fingerprint density at radius 2 is 1.65 bits per heavy atom. The van der Waals surface area contributed by atoms with Crippen molar-refractivity contribution in [1.29, 1.82) is 0 Å². The van der Waals surface area contributed by atoms with Gasteiger partial charge in [-0.2, -0.15) is 5.10 Å². The Kier molecular flexibility index (Phi) is 7.32. The number of carbonyl (C=O) groups excluding carboxylic acids is 1. The molecule has 2 aromatic carbocycles. The number of phenols is 2. The topological polar surface area (TPSA) is 135 Å². The molecule has 0 unspecified atom stereocenters. The monoisotopic (exact) mass is 468 g/mol. The minimum absolute atomic E-state index is 0.0573. The highest BCUT2D eigenvalue weighted by Gasteiger charge is 2.35. The standard InChI is InChI=1S/C24H32N6O4/c1-29(2)12-9-26-10-13-30-16-4-3-15(27-8-7-25-11-14-31)19-20(16)23(28-30)21-17(32)5-6-18(33)22(21)24(19)34/h3-6,25-27,31-33H,7-14H2,1-2H3. The van der Waals surface area contributed by atoms with E-state index in [2.05, 4.69) is 20.9 Å². The van der Waals surface area contributed by atoms with Crippen LogP contribution >= 0.6 is 0 Å². The van der Waals surface area contributed by atoms with Gasteiger partial charge in [-0.15, -0.1) is 0 Å². The van der Waals surface area contributed by atoms with Gasteiger partial charge in [0.25, 0.3) is 0 Å². The van der Waals surface area contributed by atoms with Crippen molar-refractivity contribution in [2.45, 2.75) is 6.54 Å². The van der Waals surface area contributed by atoms with Crippen molar-refractivity contribution in [3.8, 4) is 22.8 Å². The summed E-state index contributed by atoms with van der Waals surface area (Å²) in [7, 11) is 4.05. The van der Waals surface area contributed by atoms with E-state index < -0.39 is 0 Å². The van der Waals surface area contributed by atoms with Gasteiger partial charge in [-0.1, -0.05) is 0 Å². The molecular formula is C24H32N6O4. The van der Waals surface area contributed by atoms with Crippen LogP contribution in [0.1, 0.15) is 15.9 Å². The maximum atomic E-state index is 13.6. The summed E-state index contributed by atoms with van der Waals surface area (Å²) in [6, 6.07) is 6.49. The Hall–Kier alpha value is -3.18. The number of rotatable bonds is 12. The number of ketones is 1. The summed E-state index contributed by atoms with van der Waals surface area (Å²) in [4.78, 5) is 15.7. The average Bonchev–Trinajstić information content (AvgIpc) is 3.17. The molecule has 1 aliphatic rings. The normalized spacial score (nSPS) is 12.5. The van der Waals surface area contributed by atoms with Gasteiger partial charge in [0.05, 0.1) is 35.4 Å². The predicted molar refractivity (Wildman–Crippen MR) is 132 cm³/mol. The molecule has 10 heteroatoms. The van der Waals surface area contributed by atoms with Crippen molar-refractivity contribution in [3.05, 3.63) is 35.4 Å². The van der Waals surface area contributed by atoms with E-state index in [1.165, 1.54) is 12.1 Å². The van der Waals surface area contributed by atoms with E-state index in [4.69, 9.17) is 10.2 Å². The minimum atomic E-state index is -0.351. The number of carbonyl (C=O) groups is 1. The molecule has 3 aromatic rings. The van der Waals surface area contributed by atoms with Crippen LogP contribution in [0.4, 0.5) is 5.69 Å². The molecule has 182 valence electrons. The van der Waals surface area contributed by atoms with Crippen LogP contribution in [-0.4, -0.2) is 95.8 Å². The highest BCUT2D eigenvalue weighted by Crippen LogP contribution is 2.47. The van der Waals surface area contributed by atoms with Gasteiger partial charge >= 0.3 is 0 Å². The van der Waals surface area contributed by atoms with Gasteiger partial charge in [-0.25, -0.2) is 0 Å². The summed E-state index contributed by atoms with van der Waals surface area (Å²) in [6.45, 7) is 4.76. The number of aromatic hydroxyl groups is 2. The fraction of sp³-hybridized carbons (Fsp3) is 0.417. The molecule has 0 spiro atoms. The van der Waals surface area contributed by atoms with Gasteiger partial charge < -0.3 is 36.2 Å². The van der Waals surface area contributed by atoms with Gasteiger partial charge in [0.1, 0.15) is 17.2 Å². The molecular weight excluding hydrogens is 436 g/mol. The lowest BCUT2D eigenvalue weighted by atomic mass is 9.85. The zero-order valence-electron chi connectivity index (χ0n) is 19.6. The number of nitrogens with one attached hydrogen (secondary N) is 3. The number of aromatic nitrogens is 2. The number of aliphatic hydroxyl groups excluding tert-OH is 1. The number of nitrogens with zero attached hydrogens (tertiary/aromatic N) is 3. The van der Waals surface area contributed by atoms with Crippen LogP contribution in [0.2, 0.25) is 0 Å². The molecule has 4 rings (SSSR count). The maximum absolute atomic E-state index is 13.6. The molecule has 10 nitrogen and oxygen atoms in total. The van der Waals surface area contributed by atoms with E-state index in [0.29, 0.717) is 55.1 Å². The summed E-state index contributed by atoms with van der Waals surface area (Å²) >= 11 is 0. The number of aliphatic hydroxyl groups is 1. The smallest absolute Gasteiger partial charge is 0.200 e. The van der Waals surface area contributed by atoms with Crippen molar-refractivity contribution in [3.63, 3.8) is 0 Å². The van der Waals surface area contributed by atoms with E-state index >= 15 is 0 Å². The first kappa shape index (κ1) is 24.0. The van der Waals surface area contributed by atoms with Gasteiger partial charge in [0.2, 0.25) is 0 Å². The van der Waals surface area contributed by atoms with Crippen LogP contribution in [-0.2, 0) is 6.54 Å². The van der Waals surface area contributed by atoms with Crippen LogP contribution in [0, 0.1) is 0 Å². The van der Waals surface area contributed by atoms with Crippen molar-refractivity contribution >= 4 is 22.4 Å². The van der Waals surface area contributed by atoms with Gasteiger partial charge in [0.15, 0.2) is 5.78 Å². The third-order valence-corrected chi connectivity index (χ3v) is 5.91. The molecule has 0 bridgehead atoms. The van der Waals surface area contributed by atoms with E-state index in [1.54, 1.807) is 0 Å². The van der Waals surface area contributed by atoms with Gasteiger partial charge in [-0.05, 0) is 38.4 Å². The van der Waals surface area contributed by atoms with E-state index in [9.17, 15) is 15.0 Å². The molecule has 0 fully saturated rings. The molecule has 6 N–H and O–H groups in total. The van der Waals surface area contributed by atoms with E-state index in [1.807, 2.05) is 30.9 Å².